The SMILES string of the molecule is Cc1ccc2c(c1)SC(c1ccc3c(c1)OCO3)CCN2Cc1cccn1-c1ncccn1. The molecule has 6 rings (SSSR count). The second-order valence-electron chi connectivity index (χ2n) is 8.32. The van der Waals surface area contributed by atoms with Crippen molar-refractivity contribution in [2.24, 2.45) is 0 Å². The highest BCUT2D eigenvalue weighted by molar-refractivity contribution is 7.99. The van der Waals surface area contributed by atoms with Crippen molar-refractivity contribution in [2.45, 2.75) is 30.0 Å². The van der Waals surface area contributed by atoms with Gasteiger partial charge in [-0.2, -0.15) is 0 Å². The minimum Gasteiger partial charge on any atom is -0.454 e. The third kappa shape index (κ3) is 3.93. The van der Waals surface area contributed by atoms with Gasteiger partial charge in [0.05, 0.1) is 12.2 Å². The molecule has 166 valence electrons. The molecule has 2 aromatic heterocycles. The molecule has 0 amide bonds. The lowest BCUT2D eigenvalue weighted by molar-refractivity contribution is 0.174. The summed E-state index contributed by atoms with van der Waals surface area (Å²) < 4.78 is 13.2. The van der Waals surface area contributed by atoms with Gasteiger partial charge in [-0.05, 0) is 66.9 Å². The van der Waals surface area contributed by atoms with E-state index >= 15 is 0 Å². The van der Waals surface area contributed by atoms with Gasteiger partial charge in [0.15, 0.2) is 11.5 Å². The third-order valence-electron chi connectivity index (χ3n) is 6.11. The van der Waals surface area contributed by atoms with Crippen LogP contribution in [-0.2, 0) is 6.54 Å². The molecule has 2 aromatic carbocycles. The van der Waals surface area contributed by atoms with Crippen molar-refractivity contribution in [3.05, 3.63) is 90.0 Å². The Kier molecular flexibility index (Phi) is 5.19. The van der Waals surface area contributed by atoms with Gasteiger partial charge in [-0.25, -0.2) is 9.97 Å². The first-order valence-corrected chi connectivity index (χ1v) is 12.0. The Bertz CT molecular complexity index is 1290. The van der Waals surface area contributed by atoms with Gasteiger partial charge in [0.2, 0.25) is 12.7 Å². The maximum atomic E-state index is 5.64. The van der Waals surface area contributed by atoms with Crippen LogP contribution in [0, 0.1) is 6.92 Å². The molecule has 0 radical (unpaired) electrons. The van der Waals surface area contributed by atoms with Crippen LogP contribution >= 0.6 is 11.8 Å². The molecule has 2 aliphatic heterocycles. The van der Waals surface area contributed by atoms with Crippen LogP contribution in [0.15, 0.2) is 78.1 Å². The minimum atomic E-state index is 0.303. The first-order valence-electron chi connectivity index (χ1n) is 11.1. The molecule has 4 aromatic rings. The second kappa shape index (κ2) is 8.48. The van der Waals surface area contributed by atoms with Gasteiger partial charge in [0.25, 0.3) is 0 Å². The molecule has 4 heterocycles. The van der Waals surface area contributed by atoms with Gasteiger partial charge in [0, 0.05) is 41.0 Å². The van der Waals surface area contributed by atoms with Gasteiger partial charge in [-0.1, -0.05) is 12.1 Å². The van der Waals surface area contributed by atoms with Gasteiger partial charge in [0.1, 0.15) is 0 Å². The van der Waals surface area contributed by atoms with E-state index in [9.17, 15) is 0 Å². The largest absolute Gasteiger partial charge is 0.454 e. The molecular weight excluding hydrogens is 432 g/mol. The quantitative estimate of drug-likeness (QED) is 0.401. The molecule has 0 saturated carbocycles. The van der Waals surface area contributed by atoms with Crippen LogP contribution in [0.5, 0.6) is 11.5 Å². The Morgan fingerprint density at radius 2 is 1.88 bits per heavy atom. The van der Waals surface area contributed by atoms with E-state index in [0.29, 0.717) is 18.0 Å². The summed E-state index contributed by atoms with van der Waals surface area (Å²) in [4.78, 5) is 12.7. The maximum absolute atomic E-state index is 5.64. The van der Waals surface area contributed by atoms with Crippen molar-refractivity contribution in [1.82, 2.24) is 14.5 Å². The molecule has 0 saturated heterocycles. The first-order chi connectivity index (χ1) is 16.2. The number of nitrogens with zero attached hydrogens (tertiary/aromatic N) is 4. The molecule has 7 heteroatoms. The number of ether oxygens (including phenoxy) is 2. The highest BCUT2D eigenvalue weighted by Crippen LogP contribution is 2.47. The van der Waals surface area contributed by atoms with E-state index < -0.39 is 0 Å². The highest BCUT2D eigenvalue weighted by Gasteiger charge is 2.26. The zero-order valence-corrected chi connectivity index (χ0v) is 19.2. The molecule has 0 fully saturated rings. The molecule has 0 bridgehead atoms. The molecule has 0 aliphatic carbocycles. The zero-order valence-electron chi connectivity index (χ0n) is 18.3. The summed E-state index contributed by atoms with van der Waals surface area (Å²) in [6, 6.07) is 19.2. The van der Waals surface area contributed by atoms with Crippen molar-refractivity contribution in [2.75, 3.05) is 18.2 Å². The highest BCUT2D eigenvalue weighted by atomic mass is 32.2. The van der Waals surface area contributed by atoms with Gasteiger partial charge >= 0.3 is 0 Å². The molecule has 0 N–H and O–H groups in total. The van der Waals surface area contributed by atoms with Gasteiger partial charge < -0.3 is 14.4 Å². The summed E-state index contributed by atoms with van der Waals surface area (Å²) in [5, 5.41) is 0.342. The average Bonchev–Trinajstić information content (AvgIpc) is 3.46. The Morgan fingerprint density at radius 1 is 1.00 bits per heavy atom. The maximum Gasteiger partial charge on any atom is 0.233 e. The Hall–Kier alpha value is -3.45. The number of anilines is 1. The van der Waals surface area contributed by atoms with E-state index in [1.54, 1.807) is 12.4 Å². The predicted molar refractivity (Wildman–Crippen MR) is 129 cm³/mol. The Balaban J connectivity index is 1.32. The monoisotopic (exact) mass is 456 g/mol. The number of aromatic nitrogens is 3. The van der Waals surface area contributed by atoms with Crippen LogP contribution in [0.2, 0.25) is 0 Å². The fourth-order valence-corrected chi connectivity index (χ4v) is 5.83. The third-order valence-corrected chi connectivity index (χ3v) is 7.48. The molecule has 0 spiro atoms. The van der Waals surface area contributed by atoms with Crippen molar-refractivity contribution in [3.8, 4) is 17.4 Å². The van der Waals surface area contributed by atoms with Gasteiger partial charge in [-0.3, -0.25) is 4.57 Å². The van der Waals surface area contributed by atoms with Gasteiger partial charge in [-0.15, -0.1) is 11.8 Å². The van der Waals surface area contributed by atoms with E-state index in [2.05, 4.69) is 68.8 Å². The summed E-state index contributed by atoms with van der Waals surface area (Å²) in [6.45, 7) is 4.19. The van der Waals surface area contributed by atoms with E-state index in [0.717, 1.165) is 31.0 Å². The molecule has 2 aliphatic rings. The summed E-state index contributed by atoms with van der Waals surface area (Å²) >= 11 is 1.94. The molecule has 33 heavy (non-hydrogen) atoms. The van der Waals surface area contributed by atoms with Crippen LogP contribution in [0.3, 0.4) is 0 Å². The van der Waals surface area contributed by atoms with Crippen LogP contribution in [0.1, 0.15) is 28.5 Å². The van der Waals surface area contributed by atoms with Crippen molar-refractivity contribution in [3.63, 3.8) is 0 Å². The lowest BCUT2D eigenvalue weighted by Gasteiger charge is -2.25. The normalized spacial score (nSPS) is 17.0. The molecule has 1 atom stereocenters. The first kappa shape index (κ1) is 20.2. The van der Waals surface area contributed by atoms with E-state index in [4.69, 9.17) is 9.47 Å². The average molecular weight is 457 g/mol. The lowest BCUT2D eigenvalue weighted by atomic mass is 10.1. The van der Waals surface area contributed by atoms with Crippen molar-refractivity contribution in [1.29, 1.82) is 0 Å². The van der Waals surface area contributed by atoms with Crippen LogP contribution in [0.4, 0.5) is 5.69 Å². The summed E-state index contributed by atoms with van der Waals surface area (Å²) in [6.07, 6.45) is 6.62. The molecular formula is C26H24N4O2S. The van der Waals surface area contributed by atoms with E-state index in [1.807, 2.05) is 30.1 Å². The van der Waals surface area contributed by atoms with Crippen LogP contribution in [-0.4, -0.2) is 27.9 Å². The van der Waals surface area contributed by atoms with E-state index in [-0.39, 0.29) is 0 Å². The summed E-state index contributed by atoms with van der Waals surface area (Å²) in [7, 11) is 0. The number of benzene rings is 2. The smallest absolute Gasteiger partial charge is 0.233 e. The number of hydrogen-bond acceptors (Lipinski definition) is 6. The number of thioether (sulfide) groups is 1. The minimum absolute atomic E-state index is 0.303. The second-order valence-corrected chi connectivity index (χ2v) is 9.56. The number of aryl methyl sites for hydroxylation is 1. The Morgan fingerprint density at radius 3 is 2.79 bits per heavy atom. The predicted octanol–water partition coefficient (Wildman–Crippen LogP) is 5.55. The number of hydrogen-bond donors (Lipinski definition) is 0. The zero-order chi connectivity index (χ0) is 22.2. The standard InChI is InChI=1S/C26H24N4O2S/c1-18-5-7-21-25(14-18)33-24(19-6-8-22-23(15-19)32-17-31-22)9-13-29(21)16-20-4-2-12-30(20)26-27-10-3-11-28-26/h2-8,10-12,14-15,24H,9,13,16-17H2,1H3. The lowest BCUT2D eigenvalue weighted by Crippen LogP contribution is -2.25. The number of rotatable bonds is 4. The number of fused-ring (bicyclic) bond motifs is 2. The van der Waals surface area contributed by atoms with Crippen LogP contribution in [0.25, 0.3) is 5.95 Å². The summed E-state index contributed by atoms with van der Waals surface area (Å²) in [5.41, 5.74) is 4.99. The van der Waals surface area contributed by atoms with Crippen molar-refractivity contribution >= 4 is 17.4 Å². The fraction of sp³-hybridized carbons (Fsp3) is 0.231. The molecule has 6 nitrogen and oxygen atoms in total. The van der Waals surface area contributed by atoms with E-state index in [1.165, 1.54) is 27.4 Å². The Labute approximate surface area is 197 Å². The topological polar surface area (TPSA) is 52.4 Å². The van der Waals surface area contributed by atoms with Crippen molar-refractivity contribution < 1.29 is 9.47 Å². The summed E-state index contributed by atoms with van der Waals surface area (Å²) in [5.74, 6) is 2.38. The van der Waals surface area contributed by atoms with Crippen LogP contribution < -0.4 is 14.4 Å². The fourth-order valence-electron chi connectivity index (χ4n) is 4.45. The molecule has 1 unspecified atom stereocenters.